The van der Waals surface area contributed by atoms with Crippen LogP contribution >= 0.6 is 0 Å². The number of nitrogens with zero attached hydrogens (tertiary/aromatic N) is 3. The molecule has 124 valence electrons. The Morgan fingerprint density at radius 2 is 1.88 bits per heavy atom. The molecule has 0 saturated carbocycles. The first kappa shape index (κ1) is 16.1. The second-order valence-corrected chi connectivity index (χ2v) is 6.01. The molecule has 0 aliphatic carbocycles. The predicted octanol–water partition coefficient (Wildman–Crippen LogP) is 3.33. The summed E-state index contributed by atoms with van der Waals surface area (Å²) in [5, 5.41) is 4.03. The van der Waals surface area contributed by atoms with Gasteiger partial charge in [0.1, 0.15) is 0 Å². The summed E-state index contributed by atoms with van der Waals surface area (Å²) in [4.78, 5) is 28.4. The van der Waals surface area contributed by atoms with Gasteiger partial charge in [-0.15, -0.1) is 0 Å². The number of hydrogen-bond acceptors (Lipinski definition) is 5. The van der Waals surface area contributed by atoms with Crippen molar-refractivity contribution in [3.05, 3.63) is 51.1 Å². The van der Waals surface area contributed by atoms with Crippen LogP contribution in [0, 0.1) is 20.8 Å². The Hall–Kier alpha value is -2.76. The molecule has 0 amide bonds. The summed E-state index contributed by atoms with van der Waals surface area (Å²) >= 11 is 0. The number of fused-ring (bicyclic) bond motifs is 1. The molecule has 0 unspecified atom stereocenters. The summed E-state index contributed by atoms with van der Waals surface area (Å²) < 4.78 is 0. The normalized spacial score (nSPS) is 11.0. The van der Waals surface area contributed by atoms with Crippen molar-refractivity contribution in [2.75, 3.05) is 5.32 Å². The number of aromatic nitrogens is 4. The Balaban J connectivity index is 1.99. The summed E-state index contributed by atoms with van der Waals surface area (Å²) in [5.74, 6) is 0.792. The summed E-state index contributed by atoms with van der Waals surface area (Å²) in [6.45, 7) is 7.86. The van der Waals surface area contributed by atoms with E-state index in [0.717, 1.165) is 46.3 Å². The number of H-pyrrole nitrogens is 1. The van der Waals surface area contributed by atoms with Gasteiger partial charge in [-0.2, -0.15) is 0 Å². The van der Waals surface area contributed by atoms with Gasteiger partial charge in [-0.1, -0.05) is 25.5 Å². The molecule has 0 bridgehead atoms. The molecule has 2 heterocycles. The molecule has 6 heteroatoms. The average molecular weight is 323 g/mol. The van der Waals surface area contributed by atoms with Crippen LogP contribution in [0.2, 0.25) is 0 Å². The first-order valence-corrected chi connectivity index (χ1v) is 8.09. The Bertz CT molecular complexity index is 962. The van der Waals surface area contributed by atoms with Crippen LogP contribution in [0.15, 0.2) is 23.0 Å². The van der Waals surface area contributed by atoms with Crippen LogP contribution in [-0.4, -0.2) is 19.9 Å². The van der Waals surface area contributed by atoms with Crippen molar-refractivity contribution < 1.29 is 0 Å². The van der Waals surface area contributed by atoms with Crippen molar-refractivity contribution in [3.63, 3.8) is 0 Å². The minimum Gasteiger partial charge on any atom is -0.294 e. The van der Waals surface area contributed by atoms with Gasteiger partial charge in [0.2, 0.25) is 11.9 Å². The van der Waals surface area contributed by atoms with E-state index in [4.69, 9.17) is 0 Å². The fourth-order valence-corrected chi connectivity index (χ4v) is 2.77. The fourth-order valence-electron chi connectivity index (χ4n) is 2.77. The Kier molecular flexibility index (Phi) is 4.29. The van der Waals surface area contributed by atoms with Gasteiger partial charge in [0, 0.05) is 16.6 Å². The third-order valence-electron chi connectivity index (χ3n) is 4.00. The Morgan fingerprint density at radius 3 is 2.58 bits per heavy atom. The zero-order valence-corrected chi connectivity index (χ0v) is 14.4. The number of hydrogen-bond donors (Lipinski definition) is 2. The van der Waals surface area contributed by atoms with Crippen molar-refractivity contribution in [3.8, 4) is 0 Å². The number of aromatic amines is 1. The molecule has 0 radical (unpaired) electrons. The van der Waals surface area contributed by atoms with Crippen molar-refractivity contribution in [2.45, 2.75) is 40.5 Å². The van der Waals surface area contributed by atoms with Crippen molar-refractivity contribution >= 4 is 22.8 Å². The third-order valence-corrected chi connectivity index (χ3v) is 4.00. The van der Waals surface area contributed by atoms with E-state index in [0.29, 0.717) is 11.9 Å². The first-order valence-electron chi connectivity index (χ1n) is 8.09. The predicted molar refractivity (Wildman–Crippen MR) is 95.9 cm³/mol. The molecule has 2 aromatic heterocycles. The summed E-state index contributed by atoms with van der Waals surface area (Å²) in [6.07, 6.45) is 1.63. The lowest BCUT2D eigenvalue weighted by Gasteiger charge is -2.09. The lowest BCUT2D eigenvalue weighted by molar-refractivity contribution is 0.867. The molecule has 0 aliphatic rings. The van der Waals surface area contributed by atoms with Crippen LogP contribution in [0.1, 0.15) is 35.9 Å². The average Bonchev–Trinajstić information content (AvgIpc) is 2.50. The molecule has 0 atom stereocenters. The lowest BCUT2D eigenvalue weighted by Crippen LogP contribution is -2.18. The molecule has 3 aromatic rings. The molecule has 0 saturated heterocycles. The van der Waals surface area contributed by atoms with E-state index >= 15 is 0 Å². The third kappa shape index (κ3) is 3.13. The monoisotopic (exact) mass is 323 g/mol. The molecular weight excluding hydrogens is 302 g/mol. The highest BCUT2D eigenvalue weighted by Crippen LogP contribution is 2.19. The van der Waals surface area contributed by atoms with Crippen molar-refractivity contribution in [1.82, 2.24) is 19.9 Å². The van der Waals surface area contributed by atoms with E-state index in [9.17, 15) is 4.79 Å². The number of aryl methyl sites for hydroxylation is 3. The smallest absolute Gasteiger partial charge is 0.255 e. The number of rotatable bonds is 4. The maximum Gasteiger partial charge on any atom is 0.255 e. The topological polar surface area (TPSA) is 83.6 Å². The van der Waals surface area contributed by atoms with Gasteiger partial charge < -0.3 is 0 Å². The minimum absolute atomic E-state index is 0.111. The van der Waals surface area contributed by atoms with Gasteiger partial charge in [-0.25, -0.2) is 15.0 Å². The molecule has 2 N–H and O–H groups in total. The zero-order valence-electron chi connectivity index (χ0n) is 14.4. The summed E-state index contributed by atoms with van der Waals surface area (Å²) in [5.41, 5.74) is 4.24. The van der Waals surface area contributed by atoms with Crippen molar-refractivity contribution in [2.24, 2.45) is 0 Å². The number of anilines is 2. The van der Waals surface area contributed by atoms with Crippen LogP contribution in [0.3, 0.4) is 0 Å². The molecule has 0 aliphatic heterocycles. The standard InChI is InChI=1S/C18H21N5O/c1-5-6-14-12(4)20-18(22-16(14)24)23-17-19-11(3)13-8-7-10(2)9-15(13)21-17/h7-9H,5-6H2,1-4H3,(H2,19,20,21,22,23,24). The minimum atomic E-state index is -0.111. The van der Waals surface area contributed by atoms with Crippen LogP contribution in [-0.2, 0) is 6.42 Å². The second kappa shape index (κ2) is 6.39. The fraction of sp³-hybridized carbons (Fsp3) is 0.333. The van der Waals surface area contributed by atoms with Gasteiger partial charge in [0.25, 0.3) is 5.56 Å². The molecule has 0 fully saturated rings. The quantitative estimate of drug-likeness (QED) is 0.769. The van der Waals surface area contributed by atoms with Gasteiger partial charge in [-0.3, -0.25) is 15.1 Å². The first-order chi connectivity index (χ1) is 11.5. The van der Waals surface area contributed by atoms with E-state index in [1.165, 1.54) is 0 Å². The van der Waals surface area contributed by atoms with Crippen molar-refractivity contribution in [1.29, 1.82) is 0 Å². The molecule has 0 spiro atoms. The SMILES string of the molecule is CCCc1c(C)nc(Nc2nc(C)c3ccc(C)cc3n2)[nH]c1=O. The highest BCUT2D eigenvalue weighted by atomic mass is 16.1. The van der Waals surface area contributed by atoms with E-state index in [1.807, 2.05) is 45.9 Å². The van der Waals surface area contributed by atoms with E-state index in [2.05, 4.69) is 25.3 Å². The van der Waals surface area contributed by atoms with Crippen LogP contribution in [0.25, 0.3) is 10.9 Å². The highest BCUT2D eigenvalue weighted by molar-refractivity contribution is 5.82. The molecule has 24 heavy (non-hydrogen) atoms. The Morgan fingerprint density at radius 1 is 1.08 bits per heavy atom. The molecule has 3 rings (SSSR count). The van der Waals surface area contributed by atoms with E-state index < -0.39 is 0 Å². The maximum atomic E-state index is 12.2. The molecular formula is C18H21N5O. The zero-order chi connectivity index (χ0) is 17.3. The molecule has 1 aromatic carbocycles. The van der Waals surface area contributed by atoms with Crippen LogP contribution < -0.4 is 10.9 Å². The van der Waals surface area contributed by atoms with E-state index in [-0.39, 0.29) is 5.56 Å². The molecule has 6 nitrogen and oxygen atoms in total. The number of nitrogens with one attached hydrogen (secondary N) is 2. The maximum absolute atomic E-state index is 12.2. The van der Waals surface area contributed by atoms with Crippen LogP contribution in [0.5, 0.6) is 0 Å². The highest BCUT2D eigenvalue weighted by Gasteiger charge is 2.10. The van der Waals surface area contributed by atoms with E-state index in [1.54, 1.807) is 0 Å². The van der Waals surface area contributed by atoms with Gasteiger partial charge in [0.15, 0.2) is 0 Å². The summed E-state index contributed by atoms with van der Waals surface area (Å²) in [6, 6.07) is 6.08. The van der Waals surface area contributed by atoms with Gasteiger partial charge >= 0.3 is 0 Å². The van der Waals surface area contributed by atoms with Gasteiger partial charge in [0.05, 0.1) is 11.2 Å². The Labute approximate surface area is 140 Å². The second-order valence-electron chi connectivity index (χ2n) is 6.01. The summed E-state index contributed by atoms with van der Waals surface area (Å²) in [7, 11) is 0. The van der Waals surface area contributed by atoms with Gasteiger partial charge in [-0.05, 0) is 38.8 Å². The number of benzene rings is 1. The lowest BCUT2D eigenvalue weighted by atomic mass is 10.1. The largest absolute Gasteiger partial charge is 0.294 e. The van der Waals surface area contributed by atoms with Crippen LogP contribution in [0.4, 0.5) is 11.9 Å².